The van der Waals surface area contributed by atoms with Crippen LogP contribution in [0.25, 0.3) is 11.3 Å². The number of aliphatic imine (C=N–C) groups is 1. The third kappa shape index (κ3) is 3.37. The highest BCUT2D eigenvalue weighted by Crippen LogP contribution is 2.36. The van der Waals surface area contributed by atoms with Crippen LogP contribution < -0.4 is 11.1 Å². The lowest BCUT2D eigenvalue weighted by molar-refractivity contribution is 0.509. The van der Waals surface area contributed by atoms with Crippen LogP contribution in [0.3, 0.4) is 0 Å². The van der Waals surface area contributed by atoms with E-state index in [2.05, 4.69) is 45.5 Å². The monoisotopic (exact) mass is 335 g/mol. The molecule has 2 heterocycles. The zero-order chi connectivity index (χ0) is 17.6. The van der Waals surface area contributed by atoms with E-state index >= 15 is 0 Å². The molecule has 130 valence electrons. The summed E-state index contributed by atoms with van der Waals surface area (Å²) in [5.74, 6) is 0.974. The van der Waals surface area contributed by atoms with Crippen molar-refractivity contribution in [1.29, 1.82) is 0 Å². The molecular weight excluding hydrogens is 310 g/mol. The van der Waals surface area contributed by atoms with Gasteiger partial charge >= 0.3 is 0 Å². The number of hydrogen-bond donors (Lipinski definition) is 2. The summed E-state index contributed by atoms with van der Waals surface area (Å²) < 4.78 is 0. The second-order valence-corrected chi connectivity index (χ2v) is 7.73. The first kappa shape index (κ1) is 16.1. The Hall–Kier alpha value is -2.40. The maximum absolute atomic E-state index is 6.19. The fourth-order valence-electron chi connectivity index (χ4n) is 3.04. The predicted molar refractivity (Wildman–Crippen MR) is 103 cm³/mol. The first-order chi connectivity index (χ1) is 11.9. The van der Waals surface area contributed by atoms with Crippen molar-refractivity contribution < 1.29 is 0 Å². The summed E-state index contributed by atoms with van der Waals surface area (Å²) in [6.07, 6.45) is 4.33. The molecule has 1 fully saturated rings. The van der Waals surface area contributed by atoms with Crippen molar-refractivity contribution in [2.24, 2.45) is 10.7 Å². The molecule has 0 spiro atoms. The van der Waals surface area contributed by atoms with Crippen molar-refractivity contribution >= 4 is 17.8 Å². The number of aromatic nitrogens is 1. The first-order valence-electron chi connectivity index (χ1n) is 8.85. The Morgan fingerprint density at radius 2 is 1.92 bits per heavy atom. The van der Waals surface area contributed by atoms with Crippen molar-refractivity contribution in [3.8, 4) is 11.3 Å². The molecule has 3 N–H and O–H groups in total. The van der Waals surface area contributed by atoms with Crippen LogP contribution in [0.1, 0.15) is 37.8 Å². The fourth-order valence-corrected chi connectivity index (χ4v) is 3.04. The molecular formula is C20H25N5. The van der Waals surface area contributed by atoms with E-state index in [1.54, 1.807) is 0 Å². The lowest BCUT2D eigenvalue weighted by atomic mass is 9.94. The molecule has 0 bridgehead atoms. The minimum Gasteiger partial charge on any atom is -0.367 e. The Morgan fingerprint density at radius 3 is 2.56 bits per heavy atom. The van der Waals surface area contributed by atoms with Gasteiger partial charge in [0.25, 0.3) is 0 Å². The summed E-state index contributed by atoms with van der Waals surface area (Å²) in [7, 11) is 2.04. The van der Waals surface area contributed by atoms with Crippen LogP contribution in [0, 0.1) is 0 Å². The maximum atomic E-state index is 6.19. The molecule has 1 aromatic heterocycles. The van der Waals surface area contributed by atoms with Crippen LogP contribution >= 0.6 is 0 Å². The van der Waals surface area contributed by atoms with Gasteiger partial charge in [-0.2, -0.15) is 0 Å². The molecule has 4 rings (SSSR count). The van der Waals surface area contributed by atoms with Crippen LogP contribution in [-0.2, 0) is 12.1 Å². The molecule has 0 radical (unpaired) electrons. The molecule has 1 aromatic carbocycles. The van der Waals surface area contributed by atoms with E-state index in [0.29, 0.717) is 6.04 Å². The molecule has 0 saturated heterocycles. The van der Waals surface area contributed by atoms with Gasteiger partial charge in [-0.25, -0.2) is 9.98 Å². The zero-order valence-electron chi connectivity index (χ0n) is 15.1. The Kier molecular flexibility index (Phi) is 3.76. The number of nitrogens with two attached hydrogens (primary N) is 1. The molecule has 5 heteroatoms. The lowest BCUT2D eigenvalue weighted by Crippen LogP contribution is -2.28. The molecule has 25 heavy (non-hydrogen) atoms. The Balaban J connectivity index is 1.74. The Labute approximate surface area is 149 Å². The highest BCUT2D eigenvalue weighted by atomic mass is 15.2. The average Bonchev–Trinajstić information content (AvgIpc) is 3.38. The Bertz CT molecular complexity index is 813. The topological polar surface area (TPSA) is 66.5 Å². The van der Waals surface area contributed by atoms with Gasteiger partial charge in [-0.3, -0.25) is 0 Å². The quantitative estimate of drug-likeness (QED) is 0.895. The van der Waals surface area contributed by atoms with Crippen LogP contribution in [0.5, 0.6) is 0 Å². The van der Waals surface area contributed by atoms with E-state index < -0.39 is 0 Å². The minimum atomic E-state index is -0.338. The summed E-state index contributed by atoms with van der Waals surface area (Å²) in [5, 5.41) is 3.58. The van der Waals surface area contributed by atoms with Gasteiger partial charge in [0, 0.05) is 36.3 Å². The van der Waals surface area contributed by atoms with E-state index in [-0.39, 0.29) is 5.54 Å². The maximum Gasteiger partial charge on any atom is 0.134 e. The van der Waals surface area contributed by atoms with Gasteiger partial charge in [-0.1, -0.05) is 24.3 Å². The zero-order valence-corrected chi connectivity index (χ0v) is 15.1. The number of anilines is 1. The number of nitrogens with one attached hydrogen (secondary N) is 1. The van der Waals surface area contributed by atoms with Gasteiger partial charge in [-0.05, 0) is 38.3 Å². The second-order valence-electron chi connectivity index (χ2n) is 7.73. The largest absolute Gasteiger partial charge is 0.367 e. The smallest absolute Gasteiger partial charge is 0.134 e. The van der Waals surface area contributed by atoms with Crippen LogP contribution in [0.2, 0.25) is 0 Å². The van der Waals surface area contributed by atoms with Crippen LogP contribution in [0.15, 0.2) is 35.3 Å². The molecule has 0 unspecified atom stereocenters. The summed E-state index contributed by atoms with van der Waals surface area (Å²) in [6.45, 7) is 4.87. The van der Waals surface area contributed by atoms with E-state index in [9.17, 15) is 0 Å². The summed E-state index contributed by atoms with van der Waals surface area (Å²) in [4.78, 5) is 11.6. The first-order valence-corrected chi connectivity index (χ1v) is 8.85. The number of benzene rings is 1. The van der Waals surface area contributed by atoms with Crippen molar-refractivity contribution in [1.82, 2.24) is 9.88 Å². The highest BCUT2D eigenvalue weighted by Gasteiger charge is 2.25. The third-order valence-corrected chi connectivity index (χ3v) is 4.75. The number of fused-ring (bicyclic) bond motifs is 1. The van der Waals surface area contributed by atoms with Crippen LogP contribution in [-0.4, -0.2) is 29.3 Å². The number of nitrogens with zero attached hydrogens (tertiary/aromatic N) is 3. The molecule has 2 aromatic rings. The third-order valence-electron chi connectivity index (χ3n) is 4.75. The van der Waals surface area contributed by atoms with E-state index in [4.69, 9.17) is 10.7 Å². The Morgan fingerprint density at radius 1 is 1.20 bits per heavy atom. The standard InChI is InChI=1S/C20H25N5/c1-20(2,21)14-6-4-13(5-7-14)17-10-18-16(11-25(3)12-22-18)19(24-17)23-15-8-9-15/h4-7,10,12,15H,8-9,11,21H2,1-3H3,(H,23,24). The predicted octanol–water partition coefficient (Wildman–Crippen LogP) is 3.62. The molecule has 1 aliphatic heterocycles. The van der Waals surface area contributed by atoms with Crippen molar-refractivity contribution in [3.05, 3.63) is 41.5 Å². The van der Waals surface area contributed by atoms with E-state index in [1.165, 1.54) is 18.4 Å². The summed E-state index contributed by atoms with van der Waals surface area (Å²) in [5.41, 5.74) is 11.2. The van der Waals surface area contributed by atoms with E-state index in [0.717, 1.165) is 34.9 Å². The molecule has 5 nitrogen and oxygen atoms in total. The molecule has 1 aliphatic carbocycles. The molecule has 1 saturated carbocycles. The van der Waals surface area contributed by atoms with E-state index in [1.807, 2.05) is 27.2 Å². The van der Waals surface area contributed by atoms with Crippen LogP contribution in [0.4, 0.5) is 11.5 Å². The normalized spacial score (nSPS) is 16.7. The van der Waals surface area contributed by atoms with Gasteiger partial charge in [-0.15, -0.1) is 0 Å². The van der Waals surface area contributed by atoms with Gasteiger partial charge in [0.1, 0.15) is 5.82 Å². The SMILES string of the molecule is CN1C=Nc2cc(-c3ccc(C(C)(C)N)cc3)nc(NC3CC3)c2C1. The molecule has 0 atom stereocenters. The molecule has 0 amide bonds. The van der Waals surface area contributed by atoms with Gasteiger partial charge < -0.3 is 16.0 Å². The minimum absolute atomic E-state index is 0.338. The second kappa shape index (κ2) is 5.85. The lowest BCUT2D eigenvalue weighted by Gasteiger charge is -2.23. The number of rotatable bonds is 4. The van der Waals surface area contributed by atoms with Gasteiger partial charge in [0.2, 0.25) is 0 Å². The van der Waals surface area contributed by atoms with Crippen molar-refractivity contribution in [2.75, 3.05) is 12.4 Å². The van der Waals surface area contributed by atoms with Gasteiger partial charge in [0.05, 0.1) is 17.7 Å². The number of hydrogen-bond acceptors (Lipinski definition) is 5. The van der Waals surface area contributed by atoms with Crippen molar-refractivity contribution in [2.45, 2.75) is 44.8 Å². The highest BCUT2D eigenvalue weighted by molar-refractivity contribution is 5.76. The average molecular weight is 335 g/mol. The van der Waals surface area contributed by atoms with Gasteiger partial charge in [0.15, 0.2) is 0 Å². The summed E-state index contributed by atoms with van der Waals surface area (Å²) in [6, 6.07) is 11.0. The van der Waals surface area contributed by atoms with Crippen molar-refractivity contribution in [3.63, 3.8) is 0 Å². The fraction of sp³-hybridized carbons (Fsp3) is 0.400. The summed E-state index contributed by atoms with van der Waals surface area (Å²) >= 11 is 0. The molecule has 2 aliphatic rings. The number of pyridine rings is 1.